The van der Waals surface area contributed by atoms with Crippen molar-refractivity contribution in [2.24, 2.45) is 5.92 Å². The largest absolute Gasteiger partial charge is 0.495 e. The first kappa shape index (κ1) is 25.6. The second-order valence-electron chi connectivity index (χ2n) is 9.99. The molecule has 0 atom stereocenters. The van der Waals surface area contributed by atoms with Gasteiger partial charge in [-0.05, 0) is 55.2 Å². The van der Waals surface area contributed by atoms with E-state index < -0.39 is 0 Å². The zero-order valence-corrected chi connectivity index (χ0v) is 22.0. The van der Waals surface area contributed by atoms with Crippen molar-refractivity contribution in [3.05, 3.63) is 83.9 Å². The van der Waals surface area contributed by atoms with Crippen molar-refractivity contribution in [1.82, 2.24) is 5.32 Å². The van der Waals surface area contributed by atoms with Crippen LogP contribution in [0.3, 0.4) is 0 Å². The number of benzene rings is 3. The van der Waals surface area contributed by atoms with E-state index >= 15 is 0 Å². The molecule has 3 aromatic carbocycles. The summed E-state index contributed by atoms with van der Waals surface area (Å²) in [5.41, 5.74) is 4.43. The summed E-state index contributed by atoms with van der Waals surface area (Å²) in [5, 5.41) is 6.13. The van der Waals surface area contributed by atoms with E-state index in [1.165, 1.54) is 5.56 Å². The maximum absolute atomic E-state index is 13.4. The van der Waals surface area contributed by atoms with Gasteiger partial charge in [0.05, 0.1) is 18.4 Å². The van der Waals surface area contributed by atoms with Crippen LogP contribution in [0.15, 0.2) is 72.8 Å². The molecule has 1 aliphatic carbocycles. The Kier molecular flexibility index (Phi) is 8.12. The average molecular weight is 513 g/mol. The molecule has 2 N–H and O–H groups in total. The van der Waals surface area contributed by atoms with Crippen LogP contribution in [0.5, 0.6) is 5.75 Å². The molecule has 38 heavy (non-hydrogen) atoms. The Hall–Kier alpha value is -4.00. The lowest BCUT2D eigenvalue weighted by Gasteiger charge is -2.38. The van der Waals surface area contributed by atoms with Crippen molar-refractivity contribution >= 4 is 28.9 Å². The van der Waals surface area contributed by atoms with Gasteiger partial charge in [-0.1, -0.05) is 48.9 Å². The van der Waals surface area contributed by atoms with E-state index in [0.29, 0.717) is 17.8 Å². The van der Waals surface area contributed by atoms with Gasteiger partial charge >= 0.3 is 0 Å². The Morgan fingerprint density at radius 1 is 0.868 bits per heavy atom. The maximum Gasteiger partial charge on any atom is 0.253 e. The maximum atomic E-state index is 13.4. The number of para-hydroxylation sites is 2. The zero-order valence-electron chi connectivity index (χ0n) is 22.0. The summed E-state index contributed by atoms with van der Waals surface area (Å²) < 4.78 is 5.56. The number of piperazine rings is 1. The van der Waals surface area contributed by atoms with Crippen molar-refractivity contribution in [1.29, 1.82) is 0 Å². The summed E-state index contributed by atoms with van der Waals surface area (Å²) in [6.07, 6.45) is 3.74. The molecule has 0 spiro atoms. The quantitative estimate of drug-likeness (QED) is 0.434. The molecule has 1 saturated carbocycles. The molecule has 1 aliphatic heterocycles. The van der Waals surface area contributed by atoms with Gasteiger partial charge in [0.15, 0.2) is 0 Å². The third kappa shape index (κ3) is 5.93. The van der Waals surface area contributed by atoms with Gasteiger partial charge < -0.3 is 25.2 Å². The minimum absolute atomic E-state index is 0.0462. The van der Waals surface area contributed by atoms with E-state index in [1.807, 2.05) is 54.6 Å². The number of methoxy groups -OCH3 is 1. The minimum Gasteiger partial charge on any atom is -0.495 e. The number of nitrogens with one attached hydrogen (secondary N) is 2. The molecular weight excluding hydrogens is 476 g/mol. The standard InChI is InChI=1S/C31H36N4O3/c1-38-29-13-6-5-12-28(29)35-20-18-34(19-21-35)27-15-14-25(33-30(36)24-10-7-11-24)22-26(27)31(37)32-17-16-23-8-3-2-4-9-23/h2-6,8-9,12-15,22,24H,7,10-11,16-21H2,1H3,(H,32,37)(H,33,36). The molecule has 2 fully saturated rings. The minimum atomic E-state index is -0.122. The van der Waals surface area contributed by atoms with E-state index in [0.717, 1.165) is 69.0 Å². The normalized spacial score (nSPS) is 15.5. The number of anilines is 3. The highest BCUT2D eigenvalue weighted by molar-refractivity contribution is 6.02. The van der Waals surface area contributed by atoms with E-state index in [-0.39, 0.29) is 17.7 Å². The number of amides is 2. The molecule has 1 saturated heterocycles. The van der Waals surface area contributed by atoms with Crippen LogP contribution in [0.1, 0.15) is 35.2 Å². The number of nitrogens with zero attached hydrogens (tertiary/aromatic N) is 2. The van der Waals surface area contributed by atoms with E-state index in [1.54, 1.807) is 7.11 Å². The highest BCUT2D eigenvalue weighted by Gasteiger charge is 2.27. The lowest BCUT2D eigenvalue weighted by atomic mass is 9.85. The fourth-order valence-electron chi connectivity index (χ4n) is 5.13. The predicted molar refractivity (Wildman–Crippen MR) is 152 cm³/mol. The molecule has 0 bridgehead atoms. The summed E-state index contributed by atoms with van der Waals surface area (Å²) in [7, 11) is 1.70. The molecule has 1 heterocycles. The molecular formula is C31H36N4O3. The first-order chi connectivity index (χ1) is 18.6. The molecule has 0 unspecified atom stereocenters. The second-order valence-corrected chi connectivity index (χ2v) is 9.99. The van der Waals surface area contributed by atoms with Gasteiger partial charge in [0.1, 0.15) is 5.75 Å². The molecule has 2 aliphatic rings. The van der Waals surface area contributed by atoms with Crippen LogP contribution >= 0.6 is 0 Å². The van der Waals surface area contributed by atoms with Crippen molar-refractivity contribution in [3.63, 3.8) is 0 Å². The fraction of sp³-hybridized carbons (Fsp3) is 0.355. The van der Waals surface area contributed by atoms with Crippen LogP contribution in [0.4, 0.5) is 17.1 Å². The predicted octanol–water partition coefficient (Wildman–Crippen LogP) is 4.73. The zero-order chi connectivity index (χ0) is 26.3. The van der Waals surface area contributed by atoms with Crippen molar-refractivity contribution < 1.29 is 14.3 Å². The van der Waals surface area contributed by atoms with Gasteiger partial charge in [-0.3, -0.25) is 9.59 Å². The summed E-state index contributed by atoms with van der Waals surface area (Å²) in [5.74, 6) is 0.875. The average Bonchev–Trinajstić information content (AvgIpc) is 2.92. The summed E-state index contributed by atoms with van der Waals surface area (Å²) in [6.45, 7) is 3.72. The first-order valence-corrected chi connectivity index (χ1v) is 13.5. The Labute approximate surface area is 224 Å². The highest BCUT2D eigenvalue weighted by atomic mass is 16.5. The Bertz CT molecular complexity index is 1250. The number of carbonyl (C=O) groups excluding carboxylic acids is 2. The molecule has 5 rings (SSSR count). The van der Waals surface area contributed by atoms with Crippen LogP contribution in [-0.4, -0.2) is 51.6 Å². The number of hydrogen-bond acceptors (Lipinski definition) is 5. The lowest BCUT2D eigenvalue weighted by molar-refractivity contribution is -0.122. The second kappa shape index (κ2) is 12.0. The van der Waals surface area contributed by atoms with E-state index in [9.17, 15) is 9.59 Å². The van der Waals surface area contributed by atoms with E-state index in [4.69, 9.17) is 4.74 Å². The molecule has 0 aromatic heterocycles. The monoisotopic (exact) mass is 512 g/mol. The van der Waals surface area contributed by atoms with Gasteiger partial charge in [-0.2, -0.15) is 0 Å². The number of rotatable bonds is 9. The number of ether oxygens (including phenoxy) is 1. The third-order valence-electron chi connectivity index (χ3n) is 7.57. The summed E-state index contributed by atoms with van der Waals surface area (Å²) in [4.78, 5) is 30.6. The van der Waals surface area contributed by atoms with Crippen LogP contribution < -0.4 is 25.2 Å². The molecule has 7 heteroatoms. The van der Waals surface area contributed by atoms with Crippen molar-refractivity contribution in [2.45, 2.75) is 25.7 Å². The number of hydrogen-bond donors (Lipinski definition) is 2. The molecule has 7 nitrogen and oxygen atoms in total. The van der Waals surface area contributed by atoms with Gasteiger partial charge in [0.2, 0.25) is 5.91 Å². The van der Waals surface area contributed by atoms with E-state index in [2.05, 4.69) is 38.6 Å². The van der Waals surface area contributed by atoms with Gasteiger partial charge in [0.25, 0.3) is 5.91 Å². The van der Waals surface area contributed by atoms with Crippen molar-refractivity contribution in [3.8, 4) is 5.75 Å². The van der Waals surface area contributed by atoms with Crippen LogP contribution in [0, 0.1) is 5.92 Å². The summed E-state index contributed by atoms with van der Waals surface area (Å²) in [6, 6.07) is 23.9. The van der Waals surface area contributed by atoms with Gasteiger partial charge in [-0.25, -0.2) is 0 Å². The number of carbonyl (C=O) groups is 2. The molecule has 2 amide bonds. The smallest absolute Gasteiger partial charge is 0.253 e. The van der Waals surface area contributed by atoms with Crippen molar-refractivity contribution in [2.75, 3.05) is 55.0 Å². The topological polar surface area (TPSA) is 73.9 Å². The van der Waals surface area contributed by atoms with Gasteiger partial charge in [-0.15, -0.1) is 0 Å². The van der Waals surface area contributed by atoms with Crippen LogP contribution in [0.2, 0.25) is 0 Å². The highest BCUT2D eigenvalue weighted by Crippen LogP contribution is 2.32. The Morgan fingerprint density at radius 3 is 2.24 bits per heavy atom. The van der Waals surface area contributed by atoms with Gasteiger partial charge in [0, 0.05) is 50.0 Å². The molecule has 198 valence electrons. The SMILES string of the molecule is COc1ccccc1N1CCN(c2ccc(NC(=O)C3CCC3)cc2C(=O)NCCc2ccccc2)CC1. The lowest BCUT2D eigenvalue weighted by Crippen LogP contribution is -2.47. The Balaban J connectivity index is 1.31. The first-order valence-electron chi connectivity index (χ1n) is 13.5. The van der Waals surface area contributed by atoms with Crippen LogP contribution in [0.25, 0.3) is 0 Å². The molecule has 3 aromatic rings. The molecule has 0 radical (unpaired) electrons. The fourth-order valence-corrected chi connectivity index (χ4v) is 5.13. The third-order valence-corrected chi connectivity index (χ3v) is 7.57. The Morgan fingerprint density at radius 2 is 1.55 bits per heavy atom. The summed E-state index contributed by atoms with van der Waals surface area (Å²) >= 11 is 0. The van der Waals surface area contributed by atoms with Crippen LogP contribution in [-0.2, 0) is 11.2 Å².